The van der Waals surface area contributed by atoms with Crippen molar-refractivity contribution >= 4 is 26.8 Å². The monoisotopic (exact) mass is 489 g/mol. The summed E-state index contributed by atoms with van der Waals surface area (Å²) in [5.41, 5.74) is 6.75. The molecule has 0 atom stereocenters. The maximum atomic E-state index is 13.6. The second-order valence-corrected chi connectivity index (χ2v) is 11.2. The number of rotatable bonds is 3. The number of aromatic amines is 1. The Morgan fingerprint density at radius 2 is 1.69 bits per heavy atom. The zero-order valence-electron chi connectivity index (χ0n) is 20.2. The minimum absolute atomic E-state index is 0.128. The van der Waals surface area contributed by atoms with E-state index in [1.165, 1.54) is 6.26 Å². The van der Waals surface area contributed by atoms with Crippen molar-refractivity contribution in [3.8, 4) is 16.9 Å². The number of sulfone groups is 1. The number of H-pyrrole nitrogens is 1. The number of carbonyl (C=O) groups excluding carboxylic acids is 1. The Morgan fingerprint density at radius 1 is 1.00 bits per heavy atom. The Bertz CT molecular complexity index is 1560. The molecule has 0 fully saturated rings. The number of aromatic nitrogens is 2. The molecule has 35 heavy (non-hydrogen) atoms. The van der Waals surface area contributed by atoms with Gasteiger partial charge in [0.15, 0.2) is 9.84 Å². The van der Waals surface area contributed by atoms with Crippen molar-refractivity contribution in [2.24, 2.45) is 0 Å². The van der Waals surface area contributed by atoms with Gasteiger partial charge in [-0.25, -0.2) is 13.4 Å². The lowest BCUT2D eigenvalue weighted by molar-refractivity contribution is 0.0731. The summed E-state index contributed by atoms with van der Waals surface area (Å²) in [4.78, 5) is 23.3. The van der Waals surface area contributed by atoms with Crippen LogP contribution < -0.4 is 4.74 Å². The molecule has 7 nitrogen and oxygen atoms in total. The molecule has 1 amide bonds. The average Bonchev–Trinajstić information content (AvgIpc) is 3.03. The van der Waals surface area contributed by atoms with Gasteiger partial charge in [-0.05, 0) is 79.4 Å². The zero-order valence-corrected chi connectivity index (χ0v) is 21.0. The van der Waals surface area contributed by atoms with E-state index in [2.05, 4.69) is 22.1 Å². The molecule has 1 aliphatic rings. The summed E-state index contributed by atoms with van der Waals surface area (Å²) in [6, 6.07) is 15.3. The number of hydrogen-bond acceptors (Lipinski definition) is 5. The van der Waals surface area contributed by atoms with E-state index in [1.54, 1.807) is 30.9 Å². The minimum atomic E-state index is -3.36. The topological polar surface area (TPSA) is 92.4 Å². The third-order valence-corrected chi connectivity index (χ3v) is 7.50. The fraction of sp³-hybridized carbons (Fsp3) is 0.259. The fourth-order valence-electron chi connectivity index (χ4n) is 4.70. The molecule has 8 heteroatoms. The number of ether oxygens (including phenoxy) is 1. The minimum Gasteiger partial charge on any atom is -0.491 e. The van der Waals surface area contributed by atoms with Crippen LogP contribution in [-0.4, -0.2) is 48.6 Å². The largest absolute Gasteiger partial charge is 0.491 e. The average molecular weight is 490 g/mol. The molecule has 2 heterocycles. The number of fused-ring (bicyclic) bond motifs is 2. The van der Waals surface area contributed by atoms with Crippen LogP contribution in [0.15, 0.2) is 53.4 Å². The first-order chi connectivity index (χ1) is 16.6. The van der Waals surface area contributed by atoms with Crippen molar-refractivity contribution in [3.63, 3.8) is 0 Å². The van der Waals surface area contributed by atoms with Gasteiger partial charge < -0.3 is 14.6 Å². The van der Waals surface area contributed by atoms with Crippen molar-refractivity contribution in [1.82, 2.24) is 14.9 Å². The number of amides is 1. The van der Waals surface area contributed by atoms with Gasteiger partial charge in [-0.15, -0.1) is 0 Å². The van der Waals surface area contributed by atoms with E-state index in [-0.39, 0.29) is 10.8 Å². The number of nitrogens with zero attached hydrogens (tertiary/aromatic N) is 2. The van der Waals surface area contributed by atoms with E-state index in [4.69, 9.17) is 4.74 Å². The van der Waals surface area contributed by atoms with Gasteiger partial charge in [-0.1, -0.05) is 12.1 Å². The second-order valence-electron chi connectivity index (χ2n) is 9.16. The van der Waals surface area contributed by atoms with Crippen molar-refractivity contribution in [3.05, 3.63) is 76.6 Å². The number of carbonyl (C=O) groups is 1. The number of imidazole rings is 1. The van der Waals surface area contributed by atoms with Crippen molar-refractivity contribution < 1.29 is 17.9 Å². The van der Waals surface area contributed by atoms with Crippen LogP contribution in [0.2, 0.25) is 0 Å². The van der Waals surface area contributed by atoms with Gasteiger partial charge in [0.1, 0.15) is 18.2 Å². The number of hydrogen-bond donors (Lipinski definition) is 1. The highest BCUT2D eigenvalue weighted by Crippen LogP contribution is 2.31. The van der Waals surface area contributed by atoms with E-state index < -0.39 is 9.84 Å². The van der Waals surface area contributed by atoms with Crippen LogP contribution in [0.4, 0.5) is 0 Å². The van der Waals surface area contributed by atoms with Crippen molar-refractivity contribution in [2.75, 3.05) is 19.4 Å². The predicted molar refractivity (Wildman–Crippen MR) is 136 cm³/mol. The summed E-state index contributed by atoms with van der Waals surface area (Å²) in [5.74, 6) is 1.51. The Balaban J connectivity index is 1.48. The van der Waals surface area contributed by atoms with Crippen LogP contribution in [0.25, 0.3) is 22.2 Å². The van der Waals surface area contributed by atoms with Gasteiger partial charge in [0.2, 0.25) is 0 Å². The van der Waals surface area contributed by atoms with Crippen LogP contribution in [0.3, 0.4) is 0 Å². The second kappa shape index (κ2) is 8.53. The molecule has 0 radical (unpaired) electrons. The van der Waals surface area contributed by atoms with Gasteiger partial charge >= 0.3 is 0 Å². The Hall–Kier alpha value is -3.65. The Kier molecular flexibility index (Phi) is 5.63. The first-order valence-corrected chi connectivity index (χ1v) is 13.3. The molecule has 0 saturated carbocycles. The smallest absolute Gasteiger partial charge is 0.254 e. The summed E-state index contributed by atoms with van der Waals surface area (Å²) >= 11 is 0. The normalized spacial score (nSPS) is 13.9. The first kappa shape index (κ1) is 23.1. The van der Waals surface area contributed by atoms with E-state index in [0.717, 1.165) is 39.3 Å². The molecule has 0 bridgehead atoms. The van der Waals surface area contributed by atoms with Gasteiger partial charge in [-0.3, -0.25) is 4.79 Å². The summed E-state index contributed by atoms with van der Waals surface area (Å²) < 4.78 is 30.0. The highest BCUT2D eigenvalue weighted by atomic mass is 32.2. The van der Waals surface area contributed by atoms with Gasteiger partial charge in [0.25, 0.3) is 5.91 Å². The Morgan fingerprint density at radius 3 is 2.40 bits per heavy atom. The van der Waals surface area contributed by atoms with Crippen LogP contribution in [0.5, 0.6) is 5.75 Å². The number of benzene rings is 3. The summed E-state index contributed by atoms with van der Waals surface area (Å²) in [5, 5.41) is 0. The predicted octanol–water partition coefficient (Wildman–Crippen LogP) is 4.59. The molecule has 3 aromatic carbocycles. The molecule has 0 spiro atoms. The number of nitrogens with one attached hydrogen (secondary N) is 1. The molecule has 4 aromatic rings. The van der Waals surface area contributed by atoms with Crippen LogP contribution in [0, 0.1) is 20.8 Å². The standard InChI is InChI=1S/C27H27N3O4S/c1-16-11-22(35(4,32)33)12-17(2)26(16)27(31)30-9-10-34-25-8-6-19(13-21(25)15-30)20-5-7-23-24(14-20)29-18(3)28-23/h5-8,11-14H,9-10,15H2,1-4H3,(H,28,29). The number of aryl methyl sites for hydroxylation is 3. The van der Waals surface area contributed by atoms with Crippen molar-refractivity contribution in [2.45, 2.75) is 32.2 Å². The summed E-state index contributed by atoms with van der Waals surface area (Å²) in [7, 11) is -3.36. The fourth-order valence-corrected chi connectivity index (χ4v) is 5.48. The zero-order chi connectivity index (χ0) is 24.9. The maximum Gasteiger partial charge on any atom is 0.254 e. The third-order valence-electron chi connectivity index (χ3n) is 6.41. The van der Waals surface area contributed by atoms with E-state index in [9.17, 15) is 13.2 Å². The highest BCUT2D eigenvalue weighted by molar-refractivity contribution is 7.90. The van der Waals surface area contributed by atoms with Gasteiger partial charge in [0, 0.05) is 23.9 Å². The molecule has 0 aliphatic carbocycles. The van der Waals surface area contributed by atoms with Crippen LogP contribution >= 0.6 is 0 Å². The van der Waals surface area contributed by atoms with Gasteiger partial charge in [-0.2, -0.15) is 0 Å². The van der Waals surface area contributed by atoms with Crippen LogP contribution in [-0.2, 0) is 16.4 Å². The molecule has 180 valence electrons. The molecule has 0 saturated heterocycles. The quantitative estimate of drug-likeness (QED) is 0.454. The molecule has 1 N–H and O–H groups in total. The van der Waals surface area contributed by atoms with E-state index in [0.29, 0.717) is 36.4 Å². The molecular formula is C27H27N3O4S. The lowest BCUT2D eigenvalue weighted by atomic mass is 10.00. The first-order valence-electron chi connectivity index (χ1n) is 11.4. The van der Waals surface area contributed by atoms with Crippen molar-refractivity contribution in [1.29, 1.82) is 0 Å². The lowest BCUT2D eigenvalue weighted by Gasteiger charge is -2.22. The van der Waals surface area contributed by atoms with E-state index in [1.807, 2.05) is 31.2 Å². The third kappa shape index (κ3) is 4.41. The molecule has 1 aliphatic heterocycles. The highest BCUT2D eigenvalue weighted by Gasteiger charge is 2.25. The van der Waals surface area contributed by atoms with E-state index >= 15 is 0 Å². The van der Waals surface area contributed by atoms with Crippen LogP contribution in [0.1, 0.15) is 32.9 Å². The summed E-state index contributed by atoms with van der Waals surface area (Å²) in [6.45, 7) is 6.72. The van der Waals surface area contributed by atoms with Gasteiger partial charge in [0.05, 0.1) is 22.5 Å². The molecule has 0 unspecified atom stereocenters. The lowest BCUT2D eigenvalue weighted by Crippen LogP contribution is -2.33. The Labute approximate surface area is 204 Å². The molecule has 5 rings (SSSR count). The maximum absolute atomic E-state index is 13.6. The summed E-state index contributed by atoms with van der Waals surface area (Å²) in [6.07, 6.45) is 1.18. The molecule has 1 aromatic heterocycles. The SMILES string of the molecule is Cc1nc2ccc(-c3ccc4c(c3)CN(C(=O)c3c(C)cc(S(C)(=O)=O)cc3C)CCO4)cc2[nH]1. The molecular weight excluding hydrogens is 462 g/mol.